The van der Waals surface area contributed by atoms with E-state index in [1.165, 1.54) is 36.8 Å². The first-order chi connectivity index (χ1) is 18.1. The Bertz CT molecular complexity index is 1170. The van der Waals surface area contributed by atoms with Gasteiger partial charge in [-0.05, 0) is 92.6 Å². The van der Waals surface area contributed by atoms with Crippen LogP contribution in [0.1, 0.15) is 42.4 Å². The Labute approximate surface area is 218 Å². The Morgan fingerprint density at radius 2 is 1.32 bits per heavy atom. The molecule has 0 radical (unpaired) electrons. The summed E-state index contributed by atoms with van der Waals surface area (Å²) in [6.07, 6.45) is 6.44. The van der Waals surface area contributed by atoms with Crippen molar-refractivity contribution in [3.63, 3.8) is 0 Å². The number of rotatable bonds is 10. The molecular formula is C28H35N7O2. The van der Waals surface area contributed by atoms with Crippen molar-refractivity contribution in [1.82, 2.24) is 15.0 Å². The van der Waals surface area contributed by atoms with Crippen molar-refractivity contribution in [2.45, 2.75) is 39.5 Å². The molecule has 2 aliphatic rings. The van der Waals surface area contributed by atoms with Gasteiger partial charge in [-0.25, -0.2) is 5.43 Å². The van der Waals surface area contributed by atoms with Gasteiger partial charge in [0.25, 0.3) is 0 Å². The molecule has 2 aromatic carbocycles. The summed E-state index contributed by atoms with van der Waals surface area (Å²) in [5, 5.41) is 4.37. The fourth-order valence-corrected chi connectivity index (χ4v) is 4.46. The van der Waals surface area contributed by atoms with E-state index in [2.05, 4.69) is 56.3 Å². The van der Waals surface area contributed by atoms with Crippen molar-refractivity contribution in [2.24, 2.45) is 5.10 Å². The SMILES string of the molecule is Cc1ccc(OCCOc2ccc(/C=N/Nc3nc(N4CCCC4)nc(N4CCCC4)n3)cc2)cc1C. The first-order valence-corrected chi connectivity index (χ1v) is 13.1. The molecule has 0 unspecified atom stereocenters. The lowest BCUT2D eigenvalue weighted by molar-refractivity contribution is 0.217. The van der Waals surface area contributed by atoms with Gasteiger partial charge in [-0.15, -0.1) is 0 Å². The smallest absolute Gasteiger partial charge is 0.250 e. The van der Waals surface area contributed by atoms with Gasteiger partial charge in [-0.3, -0.25) is 0 Å². The molecule has 9 heteroatoms. The van der Waals surface area contributed by atoms with E-state index >= 15 is 0 Å². The molecule has 37 heavy (non-hydrogen) atoms. The minimum atomic E-state index is 0.471. The molecule has 0 saturated carbocycles. The summed E-state index contributed by atoms with van der Waals surface area (Å²) >= 11 is 0. The maximum absolute atomic E-state index is 5.81. The fraction of sp³-hybridized carbons (Fsp3) is 0.429. The zero-order valence-corrected chi connectivity index (χ0v) is 21.7. The van der Waals surface area contributed by atoms with Crippen LogP contribution in [0, 0.1) is 13.8 Å². The molecule has 0 aliphatic carbocycles. The number of hydrogen-bond acceptors (Lipinski definition) is 9. The van der Waals surface area contributed by atoms with Gasteiger partial charge in [0.15, 0.2) is 0 Å². The van der Waals surface area contributed by atoms with E-state index < -0.39 is 0 Å². The minimum absolute atomic E-state index is 0.471. The number of hydrogen-bond donors (Lipinski definition) is 1. The number of benzene rings is 2. The van der Waals surface area contributed by atoms with Gasteiger partial charge in [-0.1, -0.05) is 6.07 Å². The molecule has 1 N–H and O–H groups in total. The van der Waals surface area contributed by atoms with Crippen LogP contribution in [0.15, 0.2) is 47.6 Å². The van der Waals surface area contributed by atoms with E-state index in [1.54, 1.807) is 6.21 Å². The second-order valence-electron chi connectivity index (χ2n) is 9.53. The predicted octanol–water partition coefficient (Wildman–Crippen LogP) is 4.59. The molecule has 2 aliphatic heterocycles. The maximum atomic E-state index is 5.81. The van der Waals surface area contributed by atoms with Crippen molar-refractivity contribution in [3.8, 4) is 11.5 Å². The van der Waals surface area contributed by atoms with Gasteiger partial charge < -0.3 is 19.3 Å². The van der Waals surface area contributed by atoms with Crippen LogP contribution >= 0.6 is 0 Å². The molecular weight excluding hydrogens is 466 g/mol. The van der Waals surface area contributed by atoms with Gasteiger partial charge in [0.05, 0.1) is 6.21 Å². The lowest BCUT2D eigenvalue weighted by Crippen LogP contribution is -2.25. The van der Waals surface area contributed by atoms with Crippen molar-refractivity contribution >= 4 is 24.1 Å². The normalized spacial score (nSPS) is 15.5. The minimum Gasteiger partial charge on any atom is -0.490 e. The number of nitrogens with one attached hydrogen (secondary N) is 1. The fourth-order valence-electron chi connectivity index (χ4n) is 4.46. The average Bonchev–Trinajstić information content (AvgIpc) is 3.65. The van der Waals surface area contributed by atoms with Crippen molar-refractivity contribution < 1.29 is 9.47 Å². The molecule has 1 aromatic heterocycles. The second kappa shape index (κ2) is 11.9. The number of aryl methyl sites for hydroxylation is 2. The van der Waals surface area contributed by atoms with E-state index in [9.17, 15) is 0 Å². The molecule has 0 bridgehead atoms. The average molecular weight is 502 g/mol. The molecule has 194 valence electrons. The summed E-state index contributed by atoms with van der Waals surface area (Å²) in [6.45, 7) is 9.07. The highest BCUT2D eigenvalue weighted by molar-refractivity contribution is 5.80. The number of anilines is 3. The highest BCUT2D eigenvalue weighted by atomic mass is 16.5. The van der Waals surface area contributed by atoms with Crippen LogP contribution in [0.3, 0.4) is 0 Å². The number of aromatic nitrogens is 3. The van der Waals surface area contributed by atoms with Crippen molar-refractivity contribution in [3.05, 3.63) is 59.2 Å². The molecule has 0 amide bonds. The zero-order chi connectivity index (χ0) is 25.5. The standard InChI is InChI=1S/C28H35N7O2/c1-21-7-10-25(19-22(21)2)37-18-17-36-24-11-8-23(9-12-24)20-29-33-26-30-27(34-13-3-4-14-34)32-28(31-26)35-15-5-6-16-35/h7-12,19-20H,3-6,13-18H2,1-2H3,(H,30,31,32,33)/b29-20+. The van der Waals surface area contributed by atoms with Crippen LogP contribution in [-0.4, -0.2) is 60.6 Å². The molecule has 3 aromatic rings. The monoisotopic (exact) mass is 501 g/mol. The van der Waals surface area contributed by atoms with Gasteiger partial charge >= 0.3 is 0 Å². The zero-order valence-electron chi connectivity index (χ0n) is 21.7. The molecule has 9 nitrogen and oxygen atoms in total. The third kappa shape index (κ3) is 6.67. The summed E-state index contributed by atoms with van der Waals surface area (Å²) in [5.41, 5.74) is 6.43. The Morgan fingerprint density at radius 3 is 1.92 bits per heavy atom. The second-order valence-corrected chi connectivity index (χ2v) is 9.53. The van der Waals surface area contributed by atoms with E-state index in [0.29, 0.717) is 19.2 Å². The highest BCUT2D eigenvalue weighted by Crippen LogP contribution is 2.23. The summed E-state index contributed by atoms with van der Waals surface area (Å²) in [6, 6.07) is 13.9. The third-order valence-corrected chi connectivity index (χ3v) is 6.75. The van der Waals surface area contributed by atoms with Crippen LogP contribution in [0.4, 0.5) is 17.8 Å². The van der Waals surface area contributed by atoms with Crippen LogP contribution in [0.5, 0.6) is 11.5 Å². The first-order valence-electron chi connectivity index (χ1n) is 13.1. The summed E-state index contributed by atoms with van der Waals surface area (Å²) in [7, 11) is 0. The van der Waals surface area contributed by atoms with E-state index in [1.807, 2.05) is 30.3 Å². The van der Waals surface area contributed by atoms with Crippen molar-refractivity contribution in [2.75, 3.05) is 54.6 Å². The van der Waals surface area contributed by atoms with Crippen LogP contribution in [-0.2, 0) is 0 Å². The quantitative estimate of drug-likeness (QED) is 0.245. The van der Waals surface area contributed by atoms with Gasteiger partial charge in [-0.2, -0.15) is 20.1 Å². The van der Waals surface area contributed by atoms with E-state index in [4.69, 9.17) is 14.5 Å². The predicted molar refractivity (Wildman–Crippen MR) is 147 cm³/mol. The highest BCUT2D eigenvalue weighted by Gasteiger charge is 2.21. The van der Waals surface area contributed by atoms with E-state index in [0.717, 1.165) is 55.1 Å². The molecule has 0 spiro atoms. The van der Waals surface area contributed by atoms with Crippen molar-refractivity contribution in [1.29, 1.82) is 0 Å². The van der Waals surface area contributed by atoms with Crippen LogP contribution in [0.25, 0.3) is 0 Å². The number of hydrazone groups is 1. The van der Waals surface area contributed by atoms with Gasteiger partial charge in [0, 0.05) is 26.2 Å². The Hall–Kier alpha value is -3.88. The molecule has 3 heterocycles. The Kier molecular flexibility index (Phi) is 7.98. The number of nitrogens with zero attached hydrogens (tertiary/aromatic N) is 6. The largest absolute Gasteiger partial charge is 0.490 e. The Morgan fingerprint density at radius 1 is 0.757 bits per heavy atom. The third-order valence-electron chi connectivity index (χ3n) is 6.75. The lowest BCUT2D eigenvalue weighted by atomic mass is 10.1. The lowest BCUT2D eigenvalue weighted by Gasteiger charge is -2.20. The van der Waals surface area contributed by atoms with E-state index in [-0.39, 0.29) is 0 Å². The maximum Gasteiger partial charge on any atom is 0.250 e. The molecule has 5 rings (SSSR count). The van der Waals surface area contributed by atoms with Crippen LogP contribution in [0.2, 0.25) is 0 Å². The summed E-state index contributed by atoms with van der Waals surface area (Å²) < 4.78 is 11.6. The number of ether oxygens (including phenoxy) is 2. The van der Waals surface area contributed by atoms with Crippen LogP contribution < -0.4 is 24.7 Å². The molecule has 0 atom stereocenters. The topological polar surface area (TPSA) is 88.0 Å². The molecule has 2 fully saturated rings. The Balaban J connectivity index is 1.14. The summed E-state index contributed by atoms with van der Waals surface area (Å²) in [5.74, 6) is 3.59. The first kappa shape index (κ1) is 24.8. The summed E-state index contributed by atoms with van der Waals surface area (Å²) in [4.78, 5) is 18.4. The van der Waals surface area contributed by atoms with Gasteiger partial charge in [0.1, 0.15) is 24.7 Å². The molecule has 2 saturated heterocycles. The van der Waals surface area contributed by atoms with Gasteiger partial charge in [0.2, 0.25) is 17.8 Å².